The van der Waals surface area contributed by atoms with Crippen LogP contribution in [0, 0.1) is 11.6 Å². The van der Waals surface area contributed by atoms with Crippen LogP contribution >= 0.6 is 0 Å². The van der Waals surface area contributed by atoms with Gasteiger partial charge in [-0.25, -0.2) is 13.8 Å². The largest absolute Gasteiger partial charge is 0.331 e. The van der Waals surface area contributed by atoms with E-state index in [1.807, 2.05) is 13.1 Å². The molecule has 0 aliphatic carbocycles. The standard InChI is InChI=1S/C15H19F2N3/c1-10(2)20-9-18-7-13(20)8-19-11(3)12-4-5-14(16)15(17)6-12/h4-7,9-11,19H,8H2,1-3H3. The van der Waals surface area contributed by atoms with Crippen LogP contribution in [-0.4, -0.2) is 9.55 Å². The third-order valence-corrected chi connectivity index (χ3v) is 3.34. The maximum atomic E-state index is 13.2. The molecule has 20 heavy (non-hydrogen) atoms. The van der Waals surface area contributed by atoms with E-state index >= 15 is 0 Å². The second-order valence-corrected chi connectivity index (χ2v) is 5.16. The Bertz CT molecular complexity index is 578. The van der Waals surface area contributed by atoms with Gasteiger partial charge in [0, 0.05) is 24.8 Å². The lowest BCUT2D eigenvalue weighted by Gasteiger charge is -2.17. The van der Waals surface area contributed by atoms with Crippen molar-refractivity contribution in [1.82, 2.24) is 14.9 Å². The van der Waals surface area contributed by atoms with E-state index in [4.69, 9.17) is 0 Å². The summed E-state index contributed by atoms with van der Waals surface area (Å²) in [4.78, 5) is 4.13. The molecule has 2 aromatic rings. The van der Waals surface area contributed by atoms with E-state index in [0.717, 1.165) is 17.3 Å². The normalized spacial score (nSPS) is 12.9. The SMILES string of the molecule is CC(NCc1cncn1C(C)C)c1ccc(F)c(F)c1. The van der Waals surface area contributed by atoms with Crippen LogP contribution in [0.15, 0.2) is 30.7 Å². The third kappa shape index (κ3) is 3.22. The summed E-state index contributed by atoms with van der Waals surface area (Å²) in [5, 5.41) is 3.29. The highest BCUT2D eigenvalue weighted by Crippen LogP contribution is 2.17. The topological polar surface area (TPSA) is 29.9 Å². The average molecular weight is 279 g/mol. The Morgan fingerprint density at radius 1 is 1.20 bits per heavy atom. The van der Waals surface area contributed by atoms with Crippen molar-refractivity contribution in [3.8, 4) is 0 Å². The van der Waals surface area contributed by atoms with Gasteiger partial charge in [-0.3, -0.25) is 0 Å². The molecule has 0 aliphatic rings. The first-order valence-electron chi connectivity index (χ1n) is 6.68. The number of halogens is 2. The van der Waals surface area contributed by atoms with Crippen molar-refractivity contribution in [3.05, 3.63) is 53.6 Å². The van der Waals surface area contributed by atoms with E-state index in [0.29, 0.717) is 12.6 Å². The van der Waals surface area contributed by atoms with Crippen molar-refractivity contribution >= 4 is 0 Å². The van der Waals surface area contributed by atoms with Crippen molar-refractivity contribution in [3.63, 3.8) is 0 Å². The molecule has 1 heterocycles. The zero-order chi connectivity index (χ0) is 14.7. The minimum absolute atomic E-state index is 0.0689. The smallest absolute Gasteiger partial charge is 0.159 e. The molecule has 2 rings (SSSR count). The summed E-state index contributed by atoms with van der Waals surface area (Å²) in [6, 6.07) is 4.25. The zero-order valence-electron chi connectivity index (χ0n) is 11.9. The molecule has 0 aliphatic heterocycles. The first-order chi connectivity index (χ1) is 9.49. The molecule has 5 heteroatoms. The molecule has 108 valence electrons. The van der Waals surface area contributed by atoms with Gasteiger partial charge < -0.3 is 9.88 Å². The summed E-state index contributed by atoms with van der Waals surface area (Å²) in [6.07, 6.45) is 3.61. The minimum Gasteiger partial charge on any atom is -0.331 e. The maximum absolute atomic E-state index is 13.2. The molecule has 0 amide bonds. The van der Waals surface area contributed by atoms with E-state index in [2.05, 4.69) is 28.7 Å². The second-order valence-electron chi connectivity index (χ2n) is 5.16. The summed E-state index contributed by atoms with van der Waals surface area (Å²) >= 11 is 0. The van der Waals surface area contributed by atoms with E-state index in [9.17, 15) is 8.78 Å². The van der Waals surface area contributed by atoms with Crippen LogP contribution in [0.25, 0.3) is 0 Å². The molecule has 1 N–H and O–H groups in total. The number of hydrogen-bond acceptors (Lipinski definition) is 2. The second kappa shape index (κ2) is 6.13. The number of rotatable bonds is 5. The van der Waals surface area contributed by atoms with E-state index in [-0.39, 0.29) is 6.04 Å². The number of nitrogens with zero attached hydrogens (tertiary/aromatic N) is 2. The molecule has 1 aromatic carbocycles. The highest BCUT2D eigenvalue weighted by Gasteiger charge is 2.11. The molecule has 0 fully saturated rings. The molecule has 1 aromatic heterocycles. The van der Waals surface area contributed by atoms with E-state index < -0.39 is 11.6 Å². The minimum atomic E-state index is -0.821. The van der Waals surface area contributed by atoms with Crippen LogP contribution in [0.5, 0.6) is 0 Å². The van der Waals surface area contributed by atoms with Gasteiger partial charge in [0.05, 0.1) is 12.0 Å². The monoisotopic (exact) mass is 279 g/mol. The highest BCUT2D eigenvalue weighted by atomic mass is 19.2. The first-order valence-corrected chi connectivity index (χ1v) is 6.68. The lowest BCUT2D eigenvalue weighted by Crippen LogP contribution is -2.20. The molecular formula is C15H19F2N3. The van der Waals surface area contributed by atoms with Crippen molar-refractivity contribution in [2.45, 2.75) is 39.4 Å². The van der Waals surface area contributed by atoms with Crippen LogP contribution in [0.1, 0.15) is 44.1 Å². The van der Waals surface area contributed by atoms with Gasteiger partial charge in [-0.1, -0.05) is 6.07 Å². The summed E-state index contributed by atoms with van der Waals surface area (Å²) in [6.45, 7) is 6.72. The Balaban J connectivity index is 2.03. The number of nitrogens with one attached hydrogen (secondary N) is 1. The summed E-state index contributed by atoms with van der Waals surface area (Å²) in [7, 11) is 0. The fraction of sp³-hybridized carbons (Fsp3) is 0.400. The molecule has 0 radical (unpaired) electrons. The highest BCUT2D eigenvalue weighted by molar-refractivity contribution is 5.20. The number of imidazole rings is 1. The Hall–Kier alpha value is -1.75. The Morgan fingerprint density at radius 3 is 2.60 bits per heavy atom. The maximum Gasteiger partial charge on any atom is 0.159 e. The van der Waals surface area contributed by atoms with Gasteiger partial charge in [-0.2, -0.15) is 0 Å². The van der Waals surface area contributed by atoms with Crippen molar-refractivity contribution in [1.29, 1.82) is 0 Å². The molecule has 3 nitrogen and oxygen atoms in total. The fourth-order valence-electron chi connectivity index (χ4n) is 2.09. The van der Waals surface area contributed by atoms with E-state index in [1.54, 1.807) is 12.4 Å². The molecule has 0 spiro atoms. The molecule has 0 saturated heterocycles. The van der Waals surface area contributed by atoms with Crippen LogP contribution in [0.2, 0.25) is 0 Å². The summed E-state index contributed by atoms with van der Waals surface area (Å²) < 4.78 is 28.2. The molecule has 0 bridgehead atoms. The Morgan fingerprint density at radius 2 is 1.95 bits per heavy atom. The van der Waals surface area contributed by atoms with Gasteiger partial charge >= 0.3 is 0 Å². The molecule has 1 atom stereocenters. The Kier molecular flexibility index (Phi) is 4.49. The van der Waals surface area contributed by atoms with Gasteiger partial charge in [-0.05, 0) is 38.5 Å². The van der Waals surface area contributed by atoms with Crippen LogP contribution < -0.4 is 5.32 Å². The average Bonchev–Trinajstić information content (AvgIpc) is 2.87. The van der Waals surface area contributed by atoms with Crippen molar-refractivity contribution < 1.29 is 8.78 Å². The van der Waals surface area contributed by atoms with Gasteiger partial charge in [0.1, 0.15) is 0 Å². The molecule has 1 unspecified atom stereocenters. The van der Waals surface area contributed by atoms with Crippen LogP contribution in [0.4, 0.5) is 8.78 Å². The first kappa shape index (κ1) is 14.7. The Labute approximate surface area is 117 Å². The number of hydrogen-bond donors (Lipinski definition) is 1. The van der Waals surface area contributed by atoms with Gasteiger partial charge in [0.25, 0.3) is 0 Å². The van der Waals surface area contributed by atoms with Gasteiger partial charge in [0.2, 0.25) is 0 Å². The fourth-order valence-corrected chi connectivity index (χ4v) is 2.09. The third-order valence-electron chi connectivity index (χ3n) is 3.34. The van der Waals surface area contributed by atoms with Crippen molar-refractivity contribution in [2.24, 2.45) is 0 Å². The zero-order valence-corrected chi connectivity index (χ0v) is 11.9. The van der Waals surface area contributed by atoms with Gasteiger partial charge in [-0.15, -0.1) is 0 Å². The van der Waals surface area contributed by atoms with Crippen molar-refractivity contribution in [2.75, 3.05) is 0 Å². The van der Waals surface area contributed by atoms with Gasteiger partial charge in [0.15, 0.2) is 11.6 Å². The predicted octanol–water partition coefficient (Wildman–Crippen LogP) is 3.59. The lowest BCUT2D eigenvalue weighted by molar-refractivity contribution is 0.495. The quantitative estimate of drug-likeness (QED) is 0.906. The van der Waals surface area contributed by atoms with E-state index in [1.165, 1.54) is 6.07 Å². The number of aromatic nitrogens is 2. The molecular weight excluding hydrogens is 260 g/mol. The van der Waals surface area contributed by atoms with Crippen LogP contribution in [-0.2, 0) is 6.54 Å². The summed E-state index contributed by atoms with van der Waals surface area (Å²) in [5.41, 5.74) is 1.79. The summed E-state index contributed by atoms with van der Waals surface area (Å²) in [5.74, 6) is -1.64. The lowest BCUT2D eigenvalue weighted by atomic mass is 10.1. The van der Waals surface area contributed by atoms with Crippen LogP contribution in [0.3, 0.4) is 0 Å². The molecule has 0 saturated carbocycles. The predicted molar refractivity (Wildman–Crippen MR) is 74.2 cm³/mol. The number of benzene rings is 1.